The second-order valence-electron chi connectivity index (χ2n) is 8.19. The fourth-order valence-electron chi connectivity index (χ4n) is 3.48. The molecule has 2 aromatic carbocycles. The van der Waals surface area contributed by atoms with Crippen molar-refractivity contribution in [2.45, 2.75) is 51.1 Å². The molecule has 0 saturated carbocycles. The summed E-state index contributed by atoms with van der Waals surface area (Å²) in [5, 5.41) is 2.75. The van der Waals surface area contributed by atoms with Crippen LogP contribution in [0.2, 0.25) is 0 Å². The van der Waals surface area contributed by atoms with Crippen LogP contribution in [0.1, 0.15) is 43.6 Å². The molecular weight excluding hydrogens is 416 g/mol. The Kier molecular flexibility index (Phi) is 6.69. The number of sulfonamides is 1. The van der Waals surface area contributed by atoms with Crippen LogP contribution < -0.4 is 9.62 Å². The van der Waals surface area contributed by atoms with Crippen molar-refractivity contribution >= 4 is 27.6 Å². The molecule has 0 unspecified atom stereocenters. The zero-order chi connectivity index (χ0) is 22.8. The Morgan fingerprint density at radius 2 is 1.84 bits per heavy atom. The first-order valence-corrected chi connectivity index (χ1v) is 11.7. The highest BCUT2D eigenvalue weighted by molar-refractivity contribution is 7.92. The summed E-state index contributed by atoms with van der Waals surface area (Å²) >= 11 is 0. The standard InChI is InChI=1S/C23H28N2O5S/c1-15(2)17(4)24-22(26)14-30-23(27)19-9-7-10-20(13-19)31(28,29)25-16(3)12-18-8-5-6-11-21(18)25/h5-11,13,15-17H,12,14H2,1-4H3,(H,24,26)/t16-,17+/m0/s1. The van der Waals surface area contributed by atoms with E-state index < -0.39 is 28.5 Å². The van der Waals surface area contributed by atoms with Crippen molar-refractivity contribution in [2.75, 3.05) is 10.9 Å². The average Bonchev–Trinajstić information content (AvgIpc) is 3.08. The van der Waals surface area contributed by atoms with Gasteiger partial charge in [-0.2, -0.15) is 0 Å². The number of ether oxygens (including phenoxy) is 1. The SMILES string of the molecule is CC(C)[C@@H](C)NC(=O)COC(=O)c1cccc(S(=O)(=O)N2c3ccccc3C[C@@H]2C)c1. The lowest BCUT2D eigenvalue weighted by molar-refractivity contribution is -0.125. The summed E-state index contributed by atoms with van der Waals surface area (Å²) in [6.45, 7) is 7.25. The molecule has 0 aromatic heterocycles. The van der Waals surface area contributed by atoms with Gasteiger partial charge >= 0.3 is 5.97 Å². The quantitative estimate of drug-likeness (QED) is 0.663. The third-order valence-electron chi connectivity index (χ3n) is 5.49. The molecule has 1 N–H and O–H groups in total. The van der Waals surface area contributed by atoms with E-state index in [1.54, 1.807) is 12.1 Å². The van der Waals surface area contributed by atoms with Gasteiger partial charge in [-0.05, 0) is 56.0 Å². The number of carbonyl (C=O) groups excluding carboxylic acids is 2. The van der Waals surface area contributed by atoms with Gasteiger partial charge in [-0.15, -0.1) is 0 Å². The molecule has 0 spiro atoms. The topological polar surface area (TPSA) is 92.8 Å². The van der Waals surface area contributed by atoms with Gasteiger partial charge in [-0.1, -0.05) is 38.1 Å². The summed E-state index contributed by atoms with van der Waals surface area (Å²) in [7, 11) is -3.87. The van der Waals surface area contributed by atoms with Crippen molar-refractivity contribution in [1.82, 2.24) is 5.32 Å². The van der Waals surface area contributed by atoms with E-state index in [1.165, 1.54) is 28.6 Å². The maximum atomic E-state index is 13.3. The predicted molar refractivity (Wildman–Crippen MR) is 118 cm³/mol. The van der Waals surface area contributed by atoms with E-state index in [9.17, 15) is 18.0 Å². The zero-order valence-corrected chi connectivity index (χ0v) is 19.0. The van der Waals surface area contributed by atoms with E-state index in [-0.39, 0.29) is 28.5 Å². The lowest BCUT2D eigenvalue weighted by atomic mass is 10.1. The Balaban J connectivity index is 1.75. The molecule has 8 heteroatoms. The number of hydrogen-bond donors (Lipinski definition) is 1. The van der Waals surface area contributed by atoms with E-state index in [0.717, 1.165) is 5.56 Å². The van der Waals surface area contributed by atoms with Crippen LogP contribution in [0.25, 0.3) is 0 Å². The van der Waals surface area contributed by atoms with Crippen LogP contribution in [0.15, 0.2) is 53.4 Å². The van der Waals surface area contributed by atoms with Crippen LogP contribution in [0.3, 0.4) is 0 Å². The van der Waals surface area contributed by atoms with Gasteiger partial charge in [0.05, 0.1) is 16.1 Å². The Hall–Kier alpha value is -2.87. The second kappa shape index (κ2) is 9.09. The lowest BCUT2D eigenvalue weighted by Gasteiger charge is -2.24. The van der Waals surface area contributed by atoms with Gasteiger partial charge in [0, 0.05) is 12.1 Å². The molecule has 1 aliphatic heterocycles. The van der Waals surface area contributed by atoms with Gasteiger partial charge in [0.2, 0.25) is 0 Å². The second-order valence-corrected chi connectivity index (χ2v) is 10.0. The fourth-order valence-corrected chi connectivity index (χ4v) is 5.22. The molecular formula is C23H28N2O5S. The number of benzene rings is 2. The van der Waals surface area contributed by atoms with Crippen LogP contribution in [0.5, 0.6) is 0 Å². The molecule has 0 aliphatic carbocycles. The van der Waals surface area contributed by atoms with E-state index in [4.69, 9.17) is 4.74 Å². The highest BCUT2D eigenvalue weighted by Crippen LogP contribution is 2.36. The minimum Gasteiger partial charge on any atom is -0.452 e. The third kappa shape index (κ3) is 4.90. The molecule has 1 amide bonds. The smallest absolute Gasteiger partial charge is 0.338 e. The van der Waals surface area contributed by atoms with E-state index in [2.05, 4.69) is 5.32 Å². The summed E-state index contributed by atoms with van der Waals surface area (Å²) in [6.07, 6.45) is 0.626. The van der Waals surface area contributed by atoms with Crippen LogP contribution >= 0.6 is 0 Å². The van der Waals surface area contributed by atoms with E-state index in [1.807, 2.05) is 39.8 Å². The molecule has 0 saturated heterocycles. The molecule has 3 rings (SSSR count). The molecule has 1 heterocycles. The number of amides is 1. The summed E-state index contributed by atoms with van der Waals surface area (Å²) in [6, 6.07) is 12.8. The van der Waals surface area contributed by atoms with Crippen molar-refractivity contribution in [3.8, 4) is 0 Å². The van der Waals surface area contributed by atoms with Gasteiger partial charge in [0.25, 0.3) is 15.9 Å². The van der Waals surface area contributed by atoms with Crippen molar-refractivity contribution in [3.05, 3.63) is 59.7 Å². The Labute approximate surface area is 183 Å². The summed E-state index contributed by atoms with van der Waals surface area (Å²) in [5.74, 6) is -0.903. The number of hydrogen-bond acceptors (Lipinski definition) is 5. The van der Waals surface area contributed by atoms with E-state index >= 15 is 0 Å². The minimum atomic E-state index is -3.87. The van der Waals surface area contributed by atoms with Crippen LogP contribution in [0, 0.1) is 5.92 Å². The Morgan fingerprint density at radius 1 is 1.13 bits per heavy atom. The van der Waals surface area contributed by atoms with Crippen molar-refractivity contribution in [3.63, 3.8) is 0 Å². The van der Waals surface area contributed by atoms with Gasteiger partial charge in [-0.25, -0.2) is 13.2 Å². The largest absolute Gasteiger partial charge is 0.452 e. The Morgan fingerprint density at radius 3 is 2.55 bits per heavy atom. The predicted octanol–water partition coefficient (Wildman–Crippen LogP) is 3.14. The Bertz CT molecular complexity index is 1080. The zero-order valence-electron chi connectivity index (χ0n) is 18.2. The van der Waals surface area contributed by atoms with Gasteiger partial charge < -0.3 is 10.1 Å². The first-order chi connectivity index (χ1) is 14.6. The number of fused-ring (bicyclic) bond motifs is 1. The first kappa shape index (κ1) is 22.8. The minimum absolute atomic E-state index is 0.00313. The highest BCUT2D eigenvalue weighted by Gasteiger charge is 2.36. The fraction of sp³-hybridized carbons (Fsp3) is 0.391. The van der Waals surface area contributed by atoms with Crippen molar-refractivity contribution in [2.24, 2.45) is 5.92 Å². The highest BCUT2D eigenvalue weighted by atomic mass is 32.2. The molecule has 2 atom stereocenters. The van der Waals surface area contributed by atoms with Crippen LogP contribution in [-0.4, -0.2) is 39.0 Å². The van der Waals surface area contributed by atoms with Gasteiger partial charge in [-0.3, -0.25) is 9.10 Å². The van der Waals surface area contributed by atoms with Gasteiger partial charge in [0.1, 0.15) is 0 Å². The number of para-hydroxylation sites is 1. The number of anilines is 1. The normalized spacial score (nSPS) is 16.7. The van der Waals surface area contributed by atoms with Gasteiger partial charge in [0.15, 0.2) is 6.61 Å². The molecule has 31 heavy (non-hydrogen) atoms. The van der Waals surface area contributed by atoms with E-state index in [0.29, 0.717) is 12.1 Å². The number of carbonyl (C=O) groups is 2. The number of rotatable bonds is 7. The van der Waals surface area contributed by atoms with Crippen LogP contribution in [0.4, 0.5) is 5.69 Å². The molecule has 1 aliphatic rings. The number of nitrogens with one attached hydrogen (secondary N) is 1. The molecule has 0 radical (unpaired) electrons. The molecule has 166 valence electrons. The molecule has 0 fully saturated rings. The molecule has 7 nitrogen and oxygen atoms in total. The summed E-state index contributed by atoms with van der Waals surface area (Å²) < 4.78 is 33.2. The van der Waals surface area contributed by atoms with Crippen molar-refractivity contribution in [1.29, 1.82) is 0 Å². The monoisotopic (exact) mass is 444 g/mol. The summed E-state index contributed by atoms with van der Waals surface area (Å²) in [5.41, 5.74) is 1.70. The maximum absolute atomic E-state index is 13.3. The van der Waals surface area contributed by atoms with Crippen LogP contribution in [-0.2, 0) is 26.0 Å². The summed E-state index contributed by atoms with van der Waals surface area (Å²) in [4.78, 5) is 24.4. The lowest BCUT2D eigenvalue weighted by Crippen LogP contribution is -2.38. The molecule has 0 bridgehead atoms. The number of esters is 1. The maximum Gasteiger partial charge on any atom is 0.338 e. The van der Waals surface area contributed by atoms with Crippen molar-refractivity contribution < 1.29 is 22.7 Å². The number of nitrogens with zero attached hydrogens (tertiary/aromatic N) is 1. The third-order valence-corrected chi connectivity index (χ3v) is 7.42. The average molecular weight is 445 g/mol. The molecule has 2 aromatic rings. The first-order valence-electron chi connectivity index (χ1n) is 10.3.